The number of rotatable bonds is 11. The second kappa shape index (κ2) is 10.9. The maximum absolute atomic E-state index is 13.0. The number of fused-ring (bicyclic) bond motifs is 3. The molecule has 2 aromatic carbocycles. The zero-order valence-corrected chi connectivity index (χ0v) is 20.7. The van der Waals surface area contributed by atoms with Gasteiger partial charge in [-0.05, 0) is 42.0 Å². The number of alkyl carbamates (subject to hydrolysis) is 1. The first-order chi connectivity index (χ1) is 16.7. The van der Waals surface area contributed by atoms with Gasteiger partial charge >= 0.3 is 12.1 Å². The van der Waals surface area contributed by atoms with Gasteiger partial charge in [0, 0.05) is 19.6 Å². The average molecular weight is 483 g/mol. The molecule has 0 aliphatic heterocycles. The Morgan fingerprint density at radius 3 is 2.00 bits per heavy atom. The number of hydrogen-bond donors (Lipinski definition) is 3. The Labute approximate surface area is 206 Å². The average Bonchev–Trinajstić information content (AvgIpc) is 3.17. The van der Waals surface area contributed by atoms with E-state index in [-0.39, 0.29) is 25.7 Å². The van der Waals surface area contributed by atoms with Crippen molar-refractivity contribution < 1.29 is 29.0 Å². The summed E-state index contributed by atoms with van der Waals surface area (Å²) < 4.78 is 10.8. The molecule has 8 heteroatoms. The predicted molar refractivity (Wildman–Crippen MR) is 132 cm³/mol. The molecule has 0 fully saturated rings. The van der Waals surface area contributed by atoms with Crippen molar-refractivity contribution in [1.82, 2.24) is 10.6 Å². The summed E-state index contributed by atoms with van der Waals surface area (Å²) in [5, 5.41) is 14.9. The van der Waals surface area contributed by atoms with Crippen LogP contribution in [0, 0.1) is 5.41 Å². The van der Waals surface area contributed by atoms with E-state index in [9.17, 15) is 19.5 Å². The lowest BCUT2D eigenvalue weighted by Crippen LogP contribution is -2.61. The molecule has 1 aliphatic carbocycles. The van der Waals surface area contributed by atoms with E-state index in [1.54, 1.807) is 13.8 Å². The molecule has 8 nitrogen and oxygen atoms in total. The highest BCUT2D eigenvalue weighted by atomic mass is 16.5. The van der Waals surface area contributed by atoms with Crippen molar-refractivity contribution in [2.45, 2.75) is 45.1 Å². The van der Waals surface area contributed by atoms with Gasteiger partial charge in [-0.25, -0.2) is 4.79 Å². The lowest BCUT2D eigenvalue weighted by atomic mass is 9.82. The van der Waals surface area contributed by atoms with Crippen LogP contribution in [0.2, 0.25) is 0 Å². The number of carboxylic acids is 1. The molecule has 0 bridgehead atoms. The van der Waals surface area contributed by atoms with Gasteiger partial charge in [0.2, 0.25) is 5.91 Å². The van der Waals surface area contributed by atoms with Crippen LogP contribution in [-0.2, 0) is 19.1 Å². The minimum Gasteiger partial charge on any atom is -0.481 e. The van der Waals surface area contributed by atoms with Gasteiger partial charge in [-0.2, -0.15) is 0 Å². The molecule has 0 radical (unpaired) electrons. The molecule has 0 saturated carbocycles. The normalized spacial score (nSPS) is 14.4. The van der Waals surface area contributed by atoms with E-state index in [4.69, 9.17) is 9.47 Å². The van der Waals surface area contributed by atoms with Gasteiger partial charge in [0.25, 0.3) is 0 Å². The molecule has 1 unspecified atom stereocenters. The third kappa shape index (κ3) is 5.32. The number of carbonyl (C=O) groups excluding carboxylic acids is 2. The Hall–Kier alpha value is -3.39. The first-order valence-corrected chi connectivity index (χ1v) is 11.8. The Balaban J connectivity index is 1.68. The summed E-state index contributed by atoms with van der Waals surface area (Å²) >= 11 is 0. The number of aliphatic carboxylic acids is 1. The van der Waals surface area contributed by atoms with Crippen LogP contribution in [0.4, 0.5) is 4.79 Å². The van der Waals surface area contributed by atoms with Gasteiger partial charge in [-0.15, -0.1) is 0 Å². The Morgan fingerprint density at radius 1 is 0.971 bits per heavy atom. The van der Waals surface area contributed by atoms with Crippen molar-refractivity contribution in [2.75, 3.05) is 26.9 Å². The number of hydrogen-bond acceptors (Lipinski definition) is 5. The number of amides is 2. The summed E-state index contributed by atoms with van der Waals surface area (Å²) in [7, 11) is 1.42. The fraction of sp³-hybridized carbons (Fsp3) is 0.444. The monoisotopic (exact) mass is 482 g/mol. The fourth-order valence-electron chi connectivity index (χ4n) is 4.63. The number of ether oxygens (including phenoxy) is 2. The van der Waals surface area contributed by atoms with Crippen molar-refractivity contribution in [3.05, 3.63) is 59.7 Å². The quantitative estimate of drug-likeness (QED) is 0.447. The van der Waals surface area contributed by atoms with E-state index in [2.05, 4.69) is 22.8 Å². The summed E-state index contributed by atoms with van der Waals surface area (Å²) in [6.45, 7) is 5.01. The highest BCUT2D eigenvalue weighted by Crippen LogP contribution is 2.44. The number of carboxylic acid groups (broad SMARTS) is 1. The molecule has 0 aromatic heterocycles. The Bertz CT molecular complexity index is 1040. The highest BCUT2D eigenvalue weighted by Gasteiger charge is 2.40. The summed E-state index contributed by atoms with van der Waals surface area (Å²) in [5.74, 6) is -1.62. The van der Waals surface area contributed by atoms with Crippen LogP contribution in [0.5, 0.6) is 0 Å². The first kappa shape index (κ1) is 26.2. The van der Waals surface area contributed by atoms with Gasteiger partial charge in [0.15, 0.2) is 0 Å². The minimum atomic E-state index is -1.44. The van der Waals surface area contributed by atoms with Gasteiger partial charge in [-0.3, -0.25) is 9.59 Å². The molecule has 35 heavy (non-hydrogen) atoms. The van der Waals surface area contributed by atoms with Gasteiger partial charge in [-0.1, -0.05) is 62.4 Å². The zero-order valence-electron chi connectivity index (χ0n) is 20.7. The van der Waals surface area contributed by atoms with Crippen LogP contribution in [-0.4, -0.2) is 55.5 Å². The second-order valence-corrected chi connectivity index (χ2v) is 9.19. The molecule has 0 heterocycles. The predicted octanol–water partition coefficient (Wildman–Crippen LogP) is 3.94. The van der Waals surface area contributed by atoms with Crippen LogP contribution < -0.4 is 10.6 Å². The maximum atomic E-state index is 13.0. The lowest BCUT2D eigenvalue weighted by Gasteiger charge is -2.32. The van der Waals surface area contributed by atoms with Crippen LogP contribution in [0.1, 0.15) is 50.7 Å². The van der Waals surface area contributed by atoms with Crippen molar-refractivity contribution in [3.8, 4) is 11.1 Å². The van der Waals surface area contributed by atoms with Crippen molar-refractivity contribution in [2.24, 2.45) is 5.41 Å². The number of carbonyl (C=O) groups is 3. The summed E-state index contributed by atoms with van der Waals surface area (Å²) in [5.41, 5.74) is 1.89. The van der Waals surface area contributed by atoms with Crippen LogP contribution >= 0.6 is 0 Å². The summed E-state index contributed by atoms with van der Waals surface area (Å²) in [6, 6.07) is 16.0. The van der Waals surface area contributed by atoms with Gasteiger partial charge in [0.1, 0.15) is 12.1 Å². The van der Waals surface area contributed by atoms with Gasteiger partial charge < -0.3 is 25.2 Å². The minimum absolute atomic E-state index is 0.0557. The smallest absolute Gasteiger partial charge is 0.408 e. The molecule has 188 valence electrons. The number of methoxy groups -OCH3 is 1. The zero-order chi connectivity index (χ0) is 25.6. The fourth-order valence-corrected chi connectivity index (χ4v) is 4.63. The molecule has 3 N–H and O–H groups in total. The van der Waals surface area contributed by atoms with E-state index in [0.29, 0.717) is 12.8 Å². The van der Waals surface area contributed by atoms with E-state index in [0.717, 1.165) is 22.3 Å². The standard InChI is InChI=1S/C27H34N2O6/c1-5-27(6-2,24(31)32)16-28-23(30)26(3,17-34-4)29-25(33)35-15-22-20-13-9-7-11-18(20)19-12-8-10-14-21(19)22/h7-14,22H,5-6,15-17H2,1-4H3,(H,28,30)(H,29,33)(H,31,32). The van der Waals surface area contributed by atoms with E-state index in [1.165, 1.54) is 14.0 Å². The third-order valence-electron chi connectivity index (χ3n) is 7.05. The van der Waals surface area contributed by atoms with Crippen molar-refractivity contribution in [1.29, 1.82) is 0 Å². The molecular formula is C27H34N2O6. The van der Waals surface area contributed by atoms with Gasteiger partial charge in [0.05, 0.1) is 12.0 Å². The molecule has 2 aromatic rings. The molecule has 1 aliphatic rings. The molecule has 1 atom stereocenters. The maximum Gasteiger partial charge on any atom is 0.408 e. The van der Waals surface area contributed by atoms with E-state index < -0.39 is 28.9 Å². The SMILES string of the molecule is CCC(CC)(CNC(=O)C(C)(COC)NC(=O)OCC1c2ccccc2-c2ccccc21)C(=O)O. The van der Waals surface area contributed by atoms with E-state index >= 15 is 0 Å². The molecule has 2 amide bonds. The third-order valence-corrected chi connectivity index (χ3v) is 7.05. The van der Waals surface area contributed by atoms with Crippen LogP contribution in [0.3, 0.4) is 0 Å². The number of nitrogens with one attached hydrogen (secondary N) is 2. The van der Waals surface area contributed by atoms with Crippen LogP contribution in [0.25, 0.3) is 11.1 Å². The van der Waals surface area contributed by atoms with Crippen molar-refractivity contribution in [3.63, 3.8) is 0 Å². The highest BCUT2D eigenvalue weighted by molar-refractivity contribution is 5.90. The first-order valence-electron chi connectivity index (χ1n) is 11.8. The Kier molecular flexibility index (Phi) is 8.17. The summed E-state index contributed by atoms with van der Waals surface area (Å²) in [4.78, 5) is 37.6. The second-order valence-electron chi connectivity index (χ2n) is 9.19. The molecule has 0 saturated heterocycles. The lowest BCUT2D eigenvalue weighted by molar-refractivity contribution is -0.149. The van der Waals surface area contributed by atoms with Crippen molar-refractivity contribution >= 4 is 18.0 Å². The molecule has 0 spiro atoms. The number of benzene rings is 2. The summed E-state index contributed by atoms with van der Waals surface area (Å²) in [6.07, 6.45) is -0.0307. The largest absolute Gasteiger partial charge is 0.481 e. The van der Waals surface area contributed by atoms with Crippen LogP contribution in [0.15, 0.2) is 48.5 Å². The van der Waals surface area contributed by atoms with E-state index in [1.807, 2.05) is 36.4 Å². The Morgan fingerprint density at radius 2 is 1.51 bits per heavy atom. The molecular weight excluding hydrogens is 448 g/mol. The molecule has 3 rings (SSSR count). The topological polar surface area (TPSA) is 114 Å².